The van der Waals surface area contributed by atoms with Crippen LogP contribution in [0.4, 0.5) is 5.13 Å². The van der Waals surface area contributed by atoms with Crippen LogP contribution in [0.2, 0.25) is 0 Å². The molecule has 0 spiro atoms. The predicted molar refractivity (Wildman–Crippen MR) is 144 cm³/mol. The summed E-state index contributed by atoms with van der Waals surface area (Å²) in [5.74, 6) is 1.19. The number of aromatic nitrogens is 1. The van der Waals surface area contributed by atoms with E-state index in [9.17, 15) is 4.79 Å². The zero-order valence-corrected chi connectivity index (χ0v) is 22.0. The largest absolute Gasteiger partial charge is 0.493 e. The molecule has 1 aliphatic heterocycles. The van der Waals surface area contributed by atoms with Crippen molar-refractivity contribution in [1.29, 1.82) is 0 Å². The quantitative estimate of drug-likeness (QED) is 0.379. The van der Waals surface area contributed by atoms with Gasteiger partial charge in [0.05, 0.1) is 37.6 Å². The van der Waals surface area contributed by atoms with Gasteiger partial charge in [0, 0.05) is 32.3 Å². The van der Waals surface area contributed by atoms with Crippen LogP contribution in [0.15, 0.2) is 42.5 Å². The number of hydrogen-bond acceptors (Lipinski definition) is 7. The number of morpholine rings is 1. The van der Waals surface area contributed by atoms with E-state index in [4.69, 9.17) is 19.2 Å². The van der Waals surface area contributed by atoms with Gasteiger partial charge in [0.25, 0.3) is 5.91 Å². The summed E-state index contributed by atoms with van der Waals surface area (Å²) < 4.78 is 17.2. The van der Waals surface area contributed by atoms with Gasteiger partial charge in [0.15, 0.2) is 16.6 Å². The number of ether oxygens (including phenoxy) is 3. The second-order valence-electron chi connectivity index (χ2n) is 8.21. The Labute approximate surface area is 216 Å². The molecule has 1 aromatic heterocycles. The number of halogens is 1. The normalized spacial score (nSPS) is 14.1. The van der Waals surface area contributed by atoms with Crippen molar-refractivity contribution in [3.63, 3.8) is 0 Å². The molecule has 1 aliphatic rings. The maximum atomic E-state index is 13.3. The van der Waals surface area contributed by atoms with Crippen LogP contribution in [-0.2, 0) is 9.53 Å². The number of anilines is 1. The molecule has 0 radical (unpaired) electrons. The molecule has 9 heteroatoms. The second-order valence-corrected chi connectivity index (χ2v) is 9.22. The highest BCUT2D eigenvalue weighted by molar-refractivity contribution is 7.22. The molecule has 4 rings (SSSR count). The molecule has 0 saturated carbocycles. The van der Waals surface area contributed by atoms with Crippen molar-refractivity contribution in [3.05, 3.63) is 53.6 Å². The average molecular weight is 518 g/mol. The van der Waals surface area contributed by atoms with Gasteiger partial charge in [-0.1, -0.05) is 23.5 Å². The number of fused-ring (bicyclic) bond motifs is 1. The Kier molecular flexibility index (Phi) is 9.92. The van der Waals surface area contributed by atoms with Crippen LogP contribution in [0.1, 0.15) is 17.5 Å². The Bertz CT molecular complexity index is 1160. The van der Waals surface area contributed by atoms with Gasteiger partial charge in [-0.3, -0.25) is 14.6 Å². The third kappa shape index (κ3) is 6.95. The lowest BCUT2D eigenvalue weighted by Gasteiger charge is -2.27. The highest BCUT2D eigenvalue weighted by Crippen LogP contribution is 2.31. The van der Waals surface area contributed by atoms with E-state index in [1.54, 1.807) is 42.6 Å². The van der Waals surface area contributed by atoms with E-state index in [0.29, 0.717) is 18.0 Å². The summed E-state index contributed by atoms with van der Waals surface area (Å²) in [4.78, 5) is 22.3. The summed E-state index contributed by atoms with van der Waals surface area (Å²) in [5, 5.41) is 0.726. The maximum Gasteiger partial charge on any atom is 0.252 e. The number of thiazole rings is 1. The van der Waals surface area contributed by atoms with E-state index in [0.717, 1.165) is 60.2 Å². The SMILES string of the molecule is COc1ccc(/C=C/C(=O)N(CCCN2CCOCC2)c2nc3ccc(C)cc3s2)cc1OC.Cl. The molecule has 1 amide bonds. The van der Waals surface area contributed by atoms with Crippen LogP contribution in [0.25, 0.3) is 16.3 Å². The van der Waals surface area contributed by atoms with E-state index in [1.807, 2.05) is 30.3 Å². The van der Waals surface area contributed by atoms with Gasteiger partial charge in [0.2, 0.25) is 0 Å². The van der Waals surface area contributed by atoms with E-state index in [-0.39, 0.29) is 18.3 Å². The van der Waals surface area contributed by atoms with Crippen molar-refractivity contribution >= 4 is 51.1 Å². The minimum absolute atomic E-state index is 0. The lowest BCUT2D eigenvalue weighted by Crippen LogP contribution is -2.39. The molecular formula is C26H32ClN3O4S. The van der Waals surface area contributed by atoms with Gasteiger partial charge in [-0.2, -0.15) is 0 Å². The number of methoxy groups -OCH3 is 2. The zero-order valence-electron chi connectivity index (χ0n) is 20.4. The molecule has 2 aromatic carbocycles. The third-order valence-corrected chi connectivity index (χ3v) is 6.86. The molecule has 2 heterocycles. The molecule has 188 valence electrons. The summed E-state index contributed by atoms with van der Waals surface area (Å²) in [6, 6.07) is 11.8. The zero-order chi connectivity index (χ0) is 23.9. The third-order valence-electron chi connectivity index (χ3n) is 5.82. The first-order valence-electron chi connectivity index (χ1n) is 11.5. The Balaban J connectivity index is 0.00000342. The van der Waals surface area contributed by atoms with Crippen LogP contribution < -0.4 is 14.4 Å². The fourth-order valence-electron chi connectivity index (χ4n) is 3.93. The number of carbonyl (C=O) groups is 1. The minimum atomic E-state index is -0.0902. The molecule has 1 saturated heterocycles. The number of nitrogens with zero attached hydrogens (tertiary/aromatic N) is 3. The van der Waals surface area contributed by atoms with Crippen LogP contribution >= 0.6 is 23.7 Å². The maximum absolute atomic E-state index is 13.3. The molecule has 0 N–H and O–H groups in total. The van der Waals surface area contributed by atoms with Crippen molar-refractivity contribution in [2.75, 3.05) is 58.5 Å². The van der Waals surface area contributed by atoms with Crippen molar-refractivity contribution in [1.82, 2.24) is 9.88 Å². The lowest BCUT2D eigenvalue weighted by molar-refractivity contribution is -0.114. The van der Waals surface area contributed by atoms with Gasteiger partial charge in [-0.25, -0.2) is 4.98 Å². The Hall–Kier alpha value is -2.65. The molecule has 3 aromatic rings. The minimum Gasteiger partial charge on any atom is -0.493 e. The summed E-state index contributed by atoms with van der Waals surface area (Å²) in [7, 11) is 3.20. The number of carbonyl (C=O) groups excluding carboxylic acids is 1. The van der Waals surface area contributed by atoms with Gasteiger partial charge in [-0.05, 0) is 54.8 Å². The Morgan fingerprint density at radius 3 is 2.66 bits per heavy atom. The number of benzene rings is 2. The van der Waals surface area contributed by atoms with Gasteiger partial charge in [0.1, 0.15) is 0 Å². The fraction of sp³-hybridized carbons (Fsp3) is 0.385. The molecule has 7 nitrogen and oxygen atoms in total. The monoisotopic (exact) mass is 517 g/mol. The summed E-state index contributed by atoms with van der Waals surface area (Å²) >= 11 is 1.56. The van der Waals surface area contributed by atoms with Gasteiger partial charge in [-0.15, -0.1) is 12.4 Å². The van der Waals surface area contributed by atoms with E-state index in [1.165, 1.54) is 5.56 Å². The smallest absolute Gasteiger partial charge is 0.252 e. The van der Waals surface area contributed by atoms with Crippen LogP contribution in [0.5, 0.6) is 11.5 Å². The number of aryl methyl sites for hydroxylation is 1. The van der Waals surface area contributed by atoms with E-state index in [2.05, 4.69) is 17.9 Å². The lowest BCUT2D eigenvalue weighted by atomic mass is 10.2. The van der Waals surface area contributed by atoms with Crippen molar-refractivity contribution < 1.29 is 19.0 Å². The standard InChI is InChI=1S/C26H31N3O4S.ClH/c1-19-5-8-21-24(17-19)34-26(27-21)29(12-4-11-28-13-15-33-16-14-28)25(30)10-7-20-6-9-22(31-2)23(18-20)32-3;/h5-10,17-18H,4,11-16H2,1-3H3;1H/b10-7+;. The first-order valence-corrected chi connectivity index (χ1v) is 12.3. The molecule has 0 aliphatic carbocycles. The van der Waals surface area contributed by atoms with E-state index < -0.39 is 0 Å². The fourth-order valence-corrected chi connectivity index (χ4v) is 5.02. The number of amides is 1. The van der Waals surface area contributed by atoms with Crippen molar-refractivity contribution in [3.8, 4) is 11.5 Å². The Morgan fingerprint density at radius 2 is 1.91 bits per heavy atom. The summed E-state index contributed by atoms with van der Waals surface area (Å²) in [6.45, 7) is 7.01. The predicted octanol–water partition coefficient (Wildman–Crippen LogP) is 4.81. The highest BCUT2D eigenvalue weighted by Gasteiger charge is 2.19. The van der Waals surface area contributed by atoms with Crippen molar-refractivity contribution in [2.45, 2.75) is 13.3 Å². The van der Waals surface area contributed by atoms with E-state index >= 15 is 0 Å². The topological polar surface area (TPSA) is 64.1 Å². The van der Waals surface area contributed by atoms with Crippen molar-refractivity contribution in [2.24, 2.45) is 0 Å². The first-order chi connectivity index (χ1) is 16.6. The molecular weight excluding hydrogens is 486 g/mol. The van der Waals surface area contributed by atoms with Crippen LogP contribution in [-0.4, -0.2) is 69.4 Å². The Morgan fingerprint density at radius 1 is 1.14 bits per heavy atom. The first kappa shape index (κ1) is 26.9. The highest BCUT2D eigenvalue weighted by atomic mass is 35.5. The van der Waals surface area contributed by atoms with Crippen LogP contribution in [0, 0.1) is 6.92 Å². The molecule has 0 unspecified atom stereocenters. The molecule has 0 bridgehead atoms. The number of rotatable bonds is 9. The molecule has 0 atom stereocenters. The number of hydrogen-bond donors (Lipinski definition) is 0. The van der Waals surface area contributed by atoms with Gasteiger partial charge < -0.3 is 14.2 Å². The average Bonchev–Trinajstić information content (AvgIpc) is 3.28. The molecule has 1 fully saturated rings. The summed E-state index contributed by atoms with van der Waals surface area (Å²) in [6.07, 6.45) is 4.27. The molecule has 35 heavy (non-hydrogen) atoms. The van der Waals surface area contributed by atoms with Crippen LogP contribution in [0.3, 0.4) is 0 Å². The summed E-state index contributed by atoms with van der Waals surface area (Å²) in [5.41, 5.74) is 2.96. The van der Waals surface area contributed by atoms with Gasteiger partial charge >= 0.3 is 0 Å². The second kappa shape index (κ2) is 12.9.